The van der Waals surface area contributed by atoms with Crippen LogP contribution < -0.4 is 0 Å². The maximum absolute atomic E-state index is 12.1. The molecule has 0 aromatic heterocycles. The topological polar surface area (TPSA) is 107 Å². The van der Waals surface area contributed by atoms with E-state index in [2.05, 4.69) is 6.58 Å². The zero-order valence-electron chi connectivity index (χ0n) is 19.0. The summed E-state index contributed by atoms with van der Waals surface area (Å²) < 4.78 is 30.7. The van der Waals surface area contributed by atoms with Gasteiger partial charge in [0, 0.05) is 5.57 Å². The van der Waals surface area contributed by atoms with Crippen LogP contribution in [0.1, 0.15) is 18.1 Å². The summed E-state index contributed by atoms with van der Waals surface area (Å²) in [5.41, 5.74) is 1.85. The zero-order chi connectivity index (χ0) is 24.6. The van der Waals surface area contributed by atoms with Crippen LogP contribution in [0.5, 0.6) is 0 Å². The first-order valence-corrected chi connectivity index (χ1v) is 10.5. The minimum atomic E-state index is -0.968. The lowest BCUT2D eigenvalue weighted by atomic mass is 10.2. The van der Waals surface area contributed by atoms with Gasteiger partial charge in [0.1, 0.15) is 26.4 Å². The monoisotopic (exact) mass is 472 g/mol. The van der Waals surface area contributed by atoms with E-state index in [1.165, 1.54) is 6.92 Å². The van der Waals surface area contributed by atoms with Gasteiger partial charge in [-0.1, -0.05) is 67.2 Å². The van der Waals surface area contributed by atoms with Crippen molar-refractivity contribution in [3.8, 4) is 0 Å². The third kappa shape index (κ3) is 11.1. The first-order chi connectivity index (χ1) is 16.4. The second-order valence-electron chi connectivity index (χ2n) is 7.09. The van der Waals surface area contributed by atoms with Crippen molar-refractivity contribution in [2.45, 2.75) is 26.2 Å². The average Bonchev–Trinajstić information content (AvgIpc) is 2.85. The van der Waals surface area contributed by atoms with Crippen molar-refractivity contribution in [2.24, 2.45) is 0 Å². The lowest BCUT2D eigenvalue weighted by Crippen LogP contribution is -2.31. The van der Waals surface area contributed by atoms with Gasteiger partial charge in [0.15, 0.2) is 6.10 Å². The molecule has 9 nitrogen and oxygen atoms in total. The fourth-order valence-corrected chi connectivity index (χ4v) is 2.45. The molecule has 0 fully saturated rings. The molecule has 2 aromatic rings. The second kappa shape index (κ2) is 15.1. The van der Waals surface area contributed by atoms with Crippen LogP contribution in [0.2, 0.25) is 0 Å². The van der Waals surface area contributed by atoms with Crippen LogP contribution >= 0.6 is 0 Å². The Balaban J connectivity index is 1.78. The smallest absolute Gasteiger partial charge is 0.460 e. The van der Waals surface area contributed by atoms with Crippen molar-refractivity contribution >= 4 is 18.3 Å². The summed E-state index contributed by atoms with van der Waals surface area (Å²) in [5, 5.41) is 0. The van der Waals surface area contributed by atoms with Gasteiger partial charge in [-0.05, 0) is 18.1 Å². The number of hydrogen-bond donors (Lipinski definition) is 0. The highest BCUT2D eigenvalue weighted by molar-refractivity contribution is 5.86. The van der Waals surface area contributed by atoms with E-state index in [-0.39, 0.29) is 45.2 Å². The number of carbonyl (C=O) groups excluding carboxylic acids is 3. The molecule has 0 aliphatic rings. The molecule has 182 valence electrons. The Morgan fingerprint density at radius 3 is 1.85 bits per heavy atom. The molecule has 0 aliphatic carbocycles. The third-order valence-electron chi connectivity index (χ3n) is 4.16. The standard InChI is InChI=1S/C25H28O9/c1-19(2)23(26)30-14-13-29-17-22(34-25(28)32-16-21-11-7-4-8-12-21)18-33-24(27)31-15-20-9-5-3-6-10-20/h3-12,22H,1,13-18H2,2H3. The van der Waals surface area contributed by atoms with Crippen LogP contribution in [-0.2, 0) is 46.4 Å². The third-order valence-corrected chi connectivity index (χ3v) is 4.16. The van der Waals surface area contributed by atoms with Gasteiger partial charge in [0.2, 0.25) is 0 Å². The van der Waals surface area contributed by atoms with Crippen molar-refractivity contribution in [3.63, 3.8) is 0 Å². The molecular formula is C25H28O9. The predicted molar refractivity (Wildman–Crippen MR) is 121 cm³/mol. The van der Waals surface area contributed by atoms with Gasteiger partial charge in [-0.2, -0.15) is 0 Å². The van der Waals surface area contributed by atoms with Crippen molar-refractivity contribution in [2.75, 3.05) is 26.4 Å². The van der Waals surface area contributed by atoms with Crippen molar-refractivity contribution in [1.29, 1.82) is 0 Å². The van der Waals surface area contributed by atoms with Gasteiger partial charge < -0.3 is 28.4 Å². The maximum atomic E-state index is 12.1. The molecule has 0 saturated carbocycles. The van der Waals surface area contributed by atoms with E-state index in [1.54, 1.807) is 24.3 Å². The Hall–Kier alpha value is -3.85. The highest BCUT2D eigenvalue weighted by atomic mass is 16.8. The summed E-state index contributed by atoms with van der Waals surface area (Å²) in [4.78, 5) is 35.4. The first-order valence-electron chi connectivity index (χ1n) is 10.5. The Bertz CT molecular complexity index is 912. The molecule has 0 radical (unpaired) electrons. The van der Waals surface area contributed by atoms with Gasteiger partial charge in [0.25, 0.3) is 0 Å². The van der Waals surface area contributed by atoms with Crippen LogP contribution in [0.4, 0.5) is 9.59 Å². The van der Waals surface area contributed by atoms with Crippen LogP contribution in [0.25, 0.3) is 0 Å². The summed E-state index contributed by atoms with van der Waals surface area (Å²) >= 11 is 0. The van der Waals surface area contributed by atoms with E-state index in [1.807, 2.05) is 36.4 Å². The lowest BCUT2D eigenvalue weighted by Gasteiger charge is -2.18. The van der Waals surface area contributed by atoms with Gasteiger partial charge >= 0.3 is 18.3 Å². The Morgan fingerprint density at radius 1 is 0.735 bits per heavy atom. The molecule has 1 unspecified atom stereocenters. The summed E-state index contributed by atoms with van der Waals surface area (Å²) in [5.74, 6) is -0.537. The molecule has 0 bridgehead atoms. The predicted octanol–water partition coefficient (Wildman–Crippen LogP) is 4.20. The first kappa shape index (κ1) is 26.4. The molecule has 2 rings (SSSR count). The van der Waals surface area contributed by atoms with E-state index in [4.69, 9.17) is 28.4 Å². The van der Waals surface area contributed by atoms with Crippen molar-refractivity contribution < 1.29 is 42.8 Å². The van der Waals surface area contributed by atoms with Crippen molar-refractivity contribution in [1.82, 2.24) is 0 Å². The summed E-state index contributed by atoms with van der Waals surface area (Å²) in [6, 6.07) is 18.2. The van der Waals surface area contributed by atoms with Crippen LogP contribution in [0, 0.1) is 0 Å². The van der Waals surface area contributed by atoms with Gasteiger partial charge in [-0.15, -0.1) is 0 Å². The summed E-state index contributed by atoms with van der Waals surface area (Å²) in [6.45, 7) is 4.64. The highest BCUT2D eigenvalue weighted by Gasteiger charge is 2.19. The molecule has 0 spiro atoms. The van der Waals surface area contributed by atoms with Crippen LogP contribution in [0.3, 0.4) is 0 Å². The SMILES string of the molecule is C=C(C)C(=O)OCCOCC(COC(=O)OCc1ccccc1)OC(=O)OCc1ccccc1. The normalized spacial score (nSPS) is 11.1. The molecule has 0 aliphatic heterocycles. The average molecular weight is 472 g/mol. The number of esters is 1. The van der Waals surface area contributed by atoms with E-state index in [0.29, 0.717) is 0 Å². The molecule has 34 heavy (non-hydrogen) atoms. The summed E-state index contributed by atoms with van der Waals surface area (Å²) in [7, 11) is 0. The Kier molecular flexibility index (Phi) is 11.7. The number of ether oxygens (including phenoxy) is 6. The van der Waals surface area contributed by atoms with Gasteiger partial charge in [0.05, 0.1) is 13.2 Å². The van der Waals surface area contributed by atoms with E-state index in [9.17, 15) is 14.4 Å². The molecule has 0 N–H and O–H groups in total. The molecule has 0 amide bonds. The fourth-order valence-electron chi connectivity index (χ4n) is 2.45. The van der Waals surface area contributed by atoms with E-state index < -0.39 is 24.4 Å². The van der Waals surface area contributed by atoms with Gasteiger partial charge in [-0.25, -0.2) is 14.4 Å². The Morgan fingerprint density at radius 2 is 1.29 bits per heavy atom. The zero-order valence-corrected chi connectivity index (χ0v) is 19.0. The molecule has 0 saturated heterocycles. The fraction of sp³-hybridized carbons (Fsp3) is 0.320. The minimum Gasteiger partial charge on any atom is -0.460 e. The number of rotatable bonds is 13. The molecule has 1 atom stereocenters. The molecule has 0 heterocycles. The van der Waals surface area contributed by atoms with Gasteiger partial charge in [-0.3, -0.25) is 0 Å². The number of benzene rings is 2. The van der Waals surface area contributed by atoms with Crippen LogP contribution in [0.15, 0.2) is 72.8 Å². The number of carbonyl (C=O) groups is 3. The molecular weight excluding hydrogens is 444 g/mol. The lowest BCUT2D eigenvalue weighted by molar-refractivity contribution is -0.141. The molecule has 9 heteroatoms. The Labute approximate surface area is 198 Å². The van der Waals surface area contributed by atoms with Crippen LogP contribution in [-0.4, -0.2) is 50.8 Å². The molecule has 2 aromatic carbocycles. The van der Waals surface area contributed by atoms with E-state index in [0.717, 1.165) is 11.1 Å². The van der Waals surface area contributed by atoms with E-state index >= 15 is 0 Å². The summed E-state index contributed by atoms with van der Waals surface area (Å²) in [6.07, 6.45) is -2.85. The maximum Gasteiger partial charge on any atom is 0.509 e. The largest absolute Gasteiger partial charge is 0.509 e. The minimum absolute atomic E-state index is 0.0170. The second-order valence-corrected chi connectivity index (χ2v) is 7.09. The number of hydrogen-bond acceptors (Lipinski definition) is 9. The quantitative estimate of drug-likeness (QED) is 0.183. The highest BCUT2D eigenvalue weighted by Crippen LogP contribution is 2.06. The van der Waals surface area contributed by atoms with Crippen molar-refractivity contribution in [3.05, 3.63) is 83.9 Å².